The van der Waals surface area contributed by atoms with E-state index in [4.69, 9.17) is 10.5 Å². The fourth-order valence-electron chi connectivity index (χ4n) is 1.80. The van der Waals surface area contributed by atoms with Crippen LogP contribution in [0.25, 0.3) is 10.1 Å². The summed E-state index contributed by atoms with van der Waals surface area (Å²) in [5, 5.41) is 3.72. The Labute approximate surface area is 127 Å². The van der Waals surface area contributed by atoms with Gasteiger partial charge in [0.25, 0.3) is 0 Å². The molecule has 0 radical (unpaired) electrons. The summed E-state index contributed by atoms with van der Waals surface area (Å²) in [7, 11) is 0. The number of nitrogens with one attached hydrogen (secondary N) is 1. The normalized spacial score (nSPS) is 12.1. The molecule has 2 aromatic rings. The lowest BCUT2D eigenvalue weighted by molar-refractivity contribution is -0.119. The summed E-state index contributed by atoms with van der Waals surface area (Å²) in [4.78, 5) is 24.1. The van der Waals surface area contributed by atoms with Gasteiger partial charge in [0.15, 0.2) is 0 Å². The highest BCUT2D eigenvalue weighted by molar-refractivity contribution is 7.20. The number of carbonyl (C=O) groups excluding carboxylic acids is 2. The van der Waals surface area contributed by atoms with Gasteiger partial charge in [-0.25, -0.2) is 4.79 Å². The Morgan fingerprint density at radius 2 is 2.14 bits per heavy atom. The zero-order valence-electron chi connectivity index (χ0n) is 12.0. The van der Waals surface area contributed by atoms with Crippen molar-refractivity contribution in [2.75, 3.05) is 18.5 Å². The number of thiophene rings is 1. The third kappa shape index (κ3) is 3.59. The van der Waals surface area contributed by atoms with E-state index in [1.54, 1.807) is 19.9 Å². The molecule has 0 saturated carbocycles. The van der Waals surface area contributed by atoms with E-state index in [-0.39, 0.29) is 17.8 Å². The van der Waals surface area contributed by atoms with Crippen molar-refractivity contribution in [3.8, 4) is 0 Å². The molecule has 0 bridgehead atoms. The summed E-state index contributed by atoms with van der Waals surface area (Å²) in [6.07, 6.45) is 0. The zero-order valence-corrected chi connectivity index (χ0v) is 12.8. The lowest BCUT2D eigenvalue weighted by Gasteiger charge is -2.09. The first-order chi connectivity index (χ1) is 10.0. The van der Waals surface area contributed by atoms with Gasteiger partial charge in [0, 0.05) is 22.8 Å². The predicted molar refractivity (Wildman–Crippen MR) is 84.6 cm³/mol. The summed E-state index contributed by atoms with van der Waals surface area (Å²) in [5.74, 6) is -0.669. The lowest BCUT2D eigenvalue weighted by atomic mass is 10.1. The van der Waals surface area contributed by atoms with Crippen molar-refractivity contribution in [3.63, 3.8) is 0 Å². The van der Waals surface area contributed by atoms with Gasteiger partial charge in [0.2, 0.25) is 5.91 Å². The minimum absolute atomic E-state index is 0.113. The van der Waals surface area contributed by atoms with Crippen molar-refractivity contribution in [2.45, 2.75) is 13.8 Å². The number of rotatable bonds is 5. The van der Waals surface area contributed by atoms with Crippen LogP contribution >= 0.6 is 11.3 Å². The lowest BCUT2D eigenvalue weighted by Crippen LogP contribution is -2.26. The molecule has 1 amide bonds. The molecule has 0 aliphatic carbocycles. The minimum atomic E-state index is -0.318. The van der Waals surface area contributed by atoms with Crippen LogP contribution in [0.4, 0.5) is 5.69 Å². The van der Waals surface area contributed by atoms with E-state index in [1.165, 1.54) is 11.3 Å². The first kappa shape index (κ1) is 15.5. The molecule has 6 heteroatoms. The summed E-state index contributed by atoms with van der Waals surface area (Å²) >= 11 is 1.38. The average molecular weight is 306 g/mol. The highest BCUT2D eigenvalue weighted by Crippen LogP contribution is 2.28. The van der Waals surface area contributed by atoms with E-state index < -0.39 is 0 Å². The molecular weight excluding hydrogens is 288 g/mol. The number of esters is 1. The second kappa shape index (κ2) is 6.69. The number of hydrogen-bond donors (Lipinski definition) is 2. The van der Waals surface area contributed by atoms with E-state index >= 15 is 0 Å². The smallest absolute Gasteiger partial charge is 0.348 e. The first-order valence-electron chi connectivity index (χ1n) is 6.76. The molecule has 1 unspecified atom stereocenters. The number of nitrogens with two attached hydrogens (primary N) is 1. The van der Waals surface area contributed by atoms with Gasteiger partial charge in [0.05, 0.1) is 6.61 Å². The fourth-order valence-corrected chi connectivity index (χ4v) is 2.73. The third-order valence-corrected chi connectivity index (χ3v) is 4.16. The molecule has 1 aromatic heterocycles. The molecule has 21 heavy (non-hydrogen) atoms. The van der Waals surface area contributed by atoms with Gasteiger partial charge in [-0.3, -0.25) is 4.79 Å². The molecule has 0 aliphatic rings. The van der Waals surface area contributed by atoms with E-state index in [9.17, 15) is 9.59 Å². The number of benzene rings is 1. The summed E-state index contributed by atoms with van der Waals surface area (Å²) in [6, 6.07) is 7.32. The molecule has 2 rings (SSSR count). The van der Waals surface area contributed by atoms with Crippen LogP contribution in [0.3, 0.4) is 0 Å². The van der Waals surface area contributed by atoms with Crippen LogP contribution in [0.15, 0.2) is 24.3 Å². The number of hydrogen-bond acceptors (Lipinski definition) is 5. The molecule has 0 aliphatic heterocycles. The van der Waals surface area contributed by atoms with Crippen LogP contribution in [0.1, 0.15) is 23.5 Å². The van der Waals surface area contributed by atoms with Gasteiger partial charge < -0.3 is 15.8 Å². The van der Waals surface area contributed by atoms with Crippen LogP contribution in [0.2, 0.25) is 0 Å². The summed E-state index contributed by atoms with van der Waals surface area (Å²) < 4.78 is 5.96. The molecule has 1 aromatic carbocycles. The predicted octanol–water partition coefficient (Wildman–Crippen LogP) is 2.61. The number of anilines is 1. The average Bonchev–Trinajstić information content (AvgIpc) is 2.89. The summed E-state index contributed by atoms with van der Waals surface area (Å²) in [5.41, 5.74) is 6.17. The van der Waals surface area contributed by atoms with Gasteiger partial charge >= 0.3 is 5.97 Å². The molecule has 3 N–H and O–H groups in total. The van der Waals surface area contributed by atoms with Crippen molar-refractivity contribution >= 4 is 39.0 Å². The van der Waals surface area contributed by atoms with Crippen LogP contribution in [-0.2, 0) is 9.53 Å². The molecule has 1 heterocycles. The Morgan fingerprint density at radius 3 is 2.81 bits per heavy atom. The Hall–Kier alpha value is -1.92. The van der Waals surface area contributed by atoms with Crippen LogP contribution in [0.5, 0.6) is 0 Å². The third-order valence-electron chi connectivity index (χ3n) is 3.06. The highest BCUT2D eigenvalue weighted by Gasteiger charge is 2.13. The number of amides is 1. The quantitative estimate of drug-likeness (QED) is 0.832. The molecule has 0 spiro atoms. The second-order valence-corrected chi connectivity index (χ2v) is 5.79. The Kier molecular flexibility index (Phi) is 4.93. The summed E-state index contributed by atoms with van der Waals surface area (Å²) in [6.45, 7) is 4.21. The van der Waals surface area contributed by atoms with Gasteiger partial charge in [0.1, 0.15) is 4.88 Å². The highest BCUT2D eigenvalue weighted by atomic mass is 32.1. The van der Waals surface area contributed by atoms with Crippen molar-refractivity contribution < 1.29 is 14.3 Å². The fraction of sp³-hybridized carbons (Fsp3) is 0.333. The van der Waals surface area contributed by atoms with Crippen molar-refractivity contribution in [1.29, 1.82) is 0 Å². The van der Waals surface area contributed by atoms with Crippen LogP contribution in [-0.4, -0.2) is 25.0 Å². The van der Waals surface area contributed by atoms with Crippen molar-refractivity contribution in [3.05, 3.63) is 29.1 Å². The molecule has 0 fully saturated rings. The van der Waals surface area contributed by atoms with Gasteiger partial charge in [-0.2, -0.15) is 0 Å². The van der Waals surface area contributed by atoms with E-state index in [1.807, 2.05) is 18.2 Å². The maximum Gasteiger partial charge on any atom is 0.348 e. The van der Waals surface area contributed by atoms with Gasteiger partial charge in [-0.05, 0) is 36.6 Å². The zero-order chi connectivity index (χ0) is 15.4. The number of fused-ring (bicyclic) bond motifs is 1. The van der Waals surface area contributed by atoms with E-state index in [0.29, 0.717) is 23.7 Å². The van der Waals surface area contributed by atoms with E-state index in [0.717, 1.165) is 10.1 Å². The van der Waals surface area contributed by atoms with Gasteiger partial charge in [-0.15, -0.1) is 11.3 Å². The maximum absolute atomic E-state index is 11.8. The SMILES string of the molecule is CCOC(=O)c1cc2cc(NC(=O)C(C)CN)ccc2s1. The minimum Gasteiger partial charge on any atom is -0.462 e. The maximum atomic E-state index is 11.8. The first-order valence-corrected chi connectivity index (χ1v) is 7.58. The van der Waals surface area contributed by atoms with Crippen LogP contribution in [0, 0.1) is 5.92 Å². The largest absolute Gasteiger partial charge is 0.462 e. The van der Waals surface area contributed by atoms with Gasteiger partial charge in [-0.1, -0.05) is 6.92 Å². The second-order valence-electron chi connectivity index (χ2n) is 4.71. The Balaban J connectivity index is 2.21. The van der Waals surface area contributed by atoms with E-state index in [2.05, 4.69) is 5.32 Å². The molecular formula is C15H18N2O3S. The monoisotopic (exact) mass is 306 g/mol. The van der Waals surface area contributed by atoms with Crippen molar-refractivity contribution in [2.24, 2.45) is 11.7 Å². The standard InChI is InChI=1S/C15H18N2O3S/c1-3-20-15(19)13-7-10-6-11(4-5-12(10)21-13)17-14(18)9(2)8-16/h4-7,9H,3,8,16H2,1-2H3,(H,17,18). The van der Waals surface area contributed by atoms with Crippen LogP contribution < -0.4 is 11.1 Å². The molecule has 112 valence electrons. The molecule has 1 atom stereocenters. The molecule has 5 nitrogen and oxygen atoms in total. The number of carbonyl (C=O) groups is 2. The molecule has 0 saturated heterocycles. The topological polar surface area (TPSA) is 81.4 Å². The Bertz CT molecular complexity index is 666. The number of ether oxygens (including phenoxy) is 1. The van der Waals surface area contributed by atoms with Crippen molar-refractivity contribution in [1.82, 2.24) is 0 Å². The Morgan fingerprint density at radius 1 is 1.38 bits per heavy atom.